The number of amides is 1. The fraction of sp³-hybridized carbons (Fsp3) is 0.696. The quantitative estimate of drug-likeness (QED) is 0.533. The van der Waals surface area contributed by atoms with E-state index in [-0.39, 0.29) is 12.0 Å². The van der Waals surface area contributed by atoms with Crippen molar-refractivity contribution in [2.24, 2.45) is 17.8 Å². The van der Waals surface area contributed by atoms with Gasteiger partial charge in [-0.05, 0) is 69.6 Å². The standard InChI is InChI=1S/C23H35NO2/c1-24(2)23(26)13-6-5-10-18-14-19-16-22(25)20(21(19)15-18)12-7-11-17-8-3-4-9-17/h7,11-12,14,19-22,25H,3-6,8-10,13,15-16H2,1-2H3/t19-,20+,21-,22+/m0/s1. The number of aliphatic hydroxyl groups is 1. The van der Waals surface area contributed by atoms with Crippen molar-refractivity contribution in [3.8, 4) is 0 Å². The first-order valence-corrected chi connectivity index (χ1v) is 10.5. The van der Waals surface area contributed by atoms with Crippen molar-refractivity contribution in [1.29, 1.82) is 0 Å². The molecule has 3 nitrogen and oxygen atoms in total. The number of fused-ring (bicyclic) bond motifs is 1. The van der Waals surface area contributed by atoms with Crippen LogP contribution in [0.4, 0.5) is 0 Å². The van der Waals surface area contributed by atoms with E-state index in [1.807, 2.05) is 14.1 Å². The lowest BCUT2D eigenvalue weighted by molar-refractivity contribution is -0.128. The minimum absolute atomic E-state index is 0.182. The summed E-state index contributed by atoms with van der Waals surface area (Å²) in [6.07, 6.45) is 20.1. The molecule has 144 valence electrons. The summed E-state index contributed by atoms with van der Waals surface area (Å²) in [5, 5.41) is 10.5. The molecule has 0 spiro atoms. The summed E-state index contributed by atoms with van der Waals surface area (Å²) in [6.45, 7) is 0. The van der Waals surface area contributed by atoms with E-state index < -0.39 is 0 Å². The summed E-state index contributed by atoms with van der Waals surface area (Å²) in [5.74, 6) is 1.67. The molecule has 0 aromatic carbocycles. The Bertz CT molecular complexity index is 579. The Morgan fingerprint density at radius 3 is 2.77 bits per heavy atom. The summed E-state index contributed by atoms with van der Waals surface area (Å²) in [7, 11) is 3.65. The summed E-state index contributed by atoms with van der Waals surface area (Å²) < 4.78 is 0. The van der Waals surface area contributed by atoms with Gasteiger partial charge in [0.15, 0.2) is 0 Å². The van der Waals surface area contributed by atoms with E-state index in [2.05, 4.69) is 24.3 Å². The van der Waals surface area contributed by atoms with Crippen molar-refractivity contribution in [3.63, 3.8) is 0 Å². The van der Waals surface area contributed by atoms with E-state index in [0.29, 0.717) is 24.2 Å². The molecular formula is C23H35NO2. The Balaban J connectivity index is 1.45. The predicted octanol–water partition coefficient (Wildman–Crippen LogP) is 4.63. The number of unbranched alkanes of at least 4 members (excludes halogenated alkanes) is 1. The second kappa shape index (κ2) is 9.03. The topological polar surface area (TPSA) is 40.5 Å². The molecule has 3 rings (SSSR count). The summed E-state index contributed by atoms with van der Waals surface area (Å²) in [5.41, 5.74) is 3.12. The molecule has 4 atom stereocenters. The van der Waals surface area contributed by atoms with Crippen LogP contribution in [-0.4, -0.2) is 36.1 Å². The molecule has 0 aromatic heterocycles. The van der Waals surface area contributed by atoms with Crippen molar-refractivity contribution in [2.45, 2.75) is 70.3 Å². The number of nitrogens with zero attached hydrogens (tertiary/aromatic N) is 1. The van der Waals surface area contributed by atoms with Crippen LogP contribution in [-0.2, 0) is 4.79 Å². The molecular weight excluding hydrogens is 322 g/mol. The third-order valence-electron chi connectivity index (χ3n) is 6.50. The van der Waals surface area contributed by atoms with Gasteiger partial charge in [0.1, 0.15) is 0 Å². The maximum atomic E-state index is 11.6. The average Bonchev–Trinajstić information content (AvgIpc) is 3.30. The zero-order valence-electron chi connectivity index (χ0n) is 16.5. The molecule has 0 saturated heterocycles. The number of rotatable bonds is 7. The number of hydrogen-bond acceptors (Lipinski definition) is 2. The van der Waals surface area contributed by atoms with Gasteiger partial charge in [0, 0.05) is 26.4 Å². The molecule has 1 N–H and O–H groups in total. The molecule has 3 aliphatic carbocycles. The van der Waals surface area contributed by atoms with Crippen LogP contribution in [0.3, 0.4) is 0 Å². The highest BCUT2D eigenvalue weighted by Crippen LogP contribution is 2.48. The fourth-order valence-corrected chi connectivity index (χ4v) is 4.96. The summed E-state index contributed by atoms with van der Waals surface area (Å²) in [4.78, 5) is 13.3. The largest absolute Gasteiger partial charge is 0.392 e. The Morgan fingerprint density at radius 1 is 1.27 bits per heavy atom. The van der Waals surface area contributed by atoms with E-state index in [0.717, 1.165) is 32.1 Å². The Labute approximate surface area is 158 Å². The van der Waals surface area contributed by atoms with E-state index in [1.54, 1.807) is 16.0 Å². The normalized spacial score (nSPS) is 30.7. The van der Waals surface area contributed by atoms with E-state index in [4.69, 9.17) is 0 Å². The zero-order chi connectivity index (χ0) is 18.5. The van der Waals surface area contributed by atoms with Gasteiger partial charge in [-0.3, -0.25) is 4.79 Å². The van der Waals surface area contributed by atoms with E-state index in [9.17, 15) is 9.90 Å². The SMILES string of the molecule is CN(C)C(=O)CCCCC1=C[C@H]2C[C@@H](O)[C@H](C=CC=C3CCCC3)[C@H]2C1. The molecule has 2 fully saturated rings. The van der Waals surface area contributed by atoms with Gasteiger partial charge in [-0.15, -0.1) is 0 Å². The molecule has 0 heterocycles. The smallest absolute Gasteiger partial charge is 0.222 e. The molecule has 0 radical (unpaired) electrons. The monoisotopic (exact) mass is 357 g/mol. The number of hydrogen-bond donors (Lipinski definition) is 1. The number of aliphatic hydroxyl groups excluding tert-OH is 1. The van der Waals surface area contributed by atoms with Gasteiger partial charge in [0.2, 0.25) is 5.91 Å². The van der Waals surface area contributed by atoms with Crippen molar-refractivity contribution in [1.82, 2.24) is 4.90 Å². The van der Waals surface area contributed by atoms with Crippen LogP contribution in [0, 0.1) is 17.8 Å². The first kappa shape index (κ1) is 19.4. The molecule has 0 aromatic rings. The fourth-order valence-electron chi connectivity index (χ4n) is 4.96. The van der Waals surface area contributed by atoms with Gasteiger partial charge >= 0.3 is 0 Å². The molecule has 3 aliphatic rings. The second-order valence-corrected chi connectivity index (χ2v) is 8.65. The Morgan fingerprint density at radius 2 is 2.04 bits per heavy atom. The van der Waals surface area contributed by atoms with Gasteiger partial charge in [-0.25, -0.2) is 0 Å². The van der Waals surface area contributed by atoms with Gasteiger partial charge < -0.3 is 10.0 Å². The third kappa shape index (κ3) is 4.88. The molecule has 0 unspecified atom stereocenters. The summed E-state index contributed by atoms with van der Waals surface area (Å²) in [6, 6.07) is 0. The second-order valence-electron chi connectivity index (χ2n) is 8.65. The average molecular weight is 358 g/mol. The highest BCUT2D eigenvalue weighted by Gasteiger charge is 2.43. The van der Waals surface area contributed by atoms with Crippen LogP contribution in [0.5, 0.6) is 0 Å². The van der Waals surface area contributed by atoms with Crippen LogP contribution >= 0.6 is 0 Å². The maximum absolute atomic E-state index is 11.6. The lowest BCUT2D eigenvalue weighted by Gasteiger charge is -2.18. The summed E-state index contributed by atoms with van der Waals surface area (Å²) >= 11 is 0. The third-order valence-corrected chi connectivity index (χ3v) is 6.50. The minimum Gasteiger partial charge on any atom is -0.392 e. The number of allylic oxidation sites excluding steroid dienone is 5. The highest BCUT2D eigenvalue weighted by molar-refractivity contribution is 5.75. The molecule has 0 aliphatic heterocycles. The minimum atomic E-state index is -0.182. The number of carbonyl (C=O) groups excluding carboxylic acids is 1. The number of carbonyl (C=O) groups is 1. The Kier molecular flexibility index (Phi) is 6.74. The molecule has 2 saturated carbocycles. The molecule has 3 heteroatoms. The highest BCUT2D eigenvalue weighted by atomic mass is 16.3. The van der Waals surface area contributed by atoms with E-state index in [1.165, 1.54) is 25.7 Å². The van der Waals surface area contributed by atoms with Crippen LogP contribution in [0.2, 0.25) is 0 Å². The first-order chi connectivity index (χ1) is 12.5. The first-order valence-electron chi connectivity index (χ1n) is 10.5. The van der Waals surface area contributed by atoms with Crippen LogP contribution in [0.25, 0.3) is 0 Å². The van der Waals surface area contributed by atoms with Gasteiger partial charge in [0.05, 0.1) is 6.10 Å². The van der Waals surface area contributed by atoms with Crippen LogP contribution < -0.4 is 0 Å². The van der Waals surface area contributed by atoms with Crippen LogP contribution in [0.1, 0.15) is 64.2 Å². The molecule has 1 amide bonds. The van der Waals surface area contributed by atoms with Crippen molar-refractivity contribution >= 4 is 5.91 Å². The lowest BCUT2D eigenvalue weighted by atomic mass is 9.88. The maximum Gasteiger partial charge on any atom is 0.222 e. The zero-order valence-corrected chi connectivity index (χ0v) is 16.5. The van der Waals surface area contributed by atoms with Crippen molar-refractivity contribution < 1.29 is 9.90 Å². The van der Waals surface area contributed by atoms with Crippen molar-refractivity contribution in [3.05, 3.63) is 35.5 Å². The lowest BCUT2D eigenvalue weighted by Crippen LogP contribution is -2.21. The van der Waals surface area contributed by atoms with Gasteiger partial charge in [-0.1, -0.05) is 35.5 Å². The van der Waals surface area contributed by atoms with Gasteiger partial charge in [0.25, 0.3) is 0 Å². The molecule has 26 heavy (non-hydrogen) atoms. The molecule has 0 bridgehead atoms. The van der Waals surface area contributed by atoms with E-state index >= 15 is 0 Å². The van der Waals surface area contributed by atoms with Gasteiger partial charge in [-0.2, -0.15) is 0 Å². The predicted molar refractivity (Wildman–Crippen MR) is 107 cm³/mol. The van der Waals surface area contributed by atoms with Crippen LogP contribution in [0.15, 0.2) is 35.5 Å². The Hall–Kier alpha value is -1.35. The van der Waals surface area contributed by atoms with Crippen molar-refractivity contribution in [2.75, 3.05) is 14.1 Å².